The van der Waals surface area contributed by atoms with Gasteiger partial charge in [0.15, 0.2) is 0 Å². The molecule has 3 rings (SSSR count). The Morgan fingerprint density at radius 1 is 1.10 bits per heavy atom. The number of fused-ring (bicyclic) bond motifs is 1. The third kappa shape index (κ3) is 2.38. The minimum absolute atomic E-state index is 0.645. The number of rotatable bonds is 2. The smallest absolute Gasteiger partial charge is 0.141 e. The van der Waals surface area contributed by atoms with Crippen LogP contribution in [-0.4, -0.2) is 9.97 Å². The number of anilines is 3. The van der Waals surface area contributed by atoms with Crippen molar-refractivity contribution in [1.29, 1.82) is 0 Å². The fourth-order valence-electron chi connectivity index (χ4n) is 2.04. The molecule has 0 bridgehead atoms. The Labute approximate surface area is 121 Å². The van der Waals surface area contributed by atoms with Crippen molar-refractivity contribution in [2.45, 2.75) is 6.92 Å². The van der Waals surface area contributed by atoms with Crippen LogP contribution in [-0.2, 0) is 0 Å². The first kappa shape index (κ1) is 12.7. The van der Waals surface area contributed by atoms with Gasteiger partial charge in [-0.2, -0.15) is 0 Å². The number of hydrogen-bond acceptors (Lipinski definition) is 4. The van der Waals surface area contributed by atoms with E-state index in [2.05, 4.69) is 15.3 Å². The fourth-order valence-corrected chi connectivity index (χ4v) is 2.20. The molecule has 0 aliphatic heterocycles. The van der Waals surface area contributed by atoms with Crippen LogP contribution in [0.15, 0.2) is 42.7 Å². The fraction of sp³-hybridized carbons (Fsp3) is 0.0667. The van der Waals surface area contributed by atoms with E-state index in [0.29, 0.717) is 16.5 Å². The molecule has 0 amide bonds. The maximum atomic E-state index is 6.20. The van der Waals surface area contributed by atoms with Crippen LogP contribution in [0.25, 0.3) is 10.9 Å². The highest BCUT2D eigenvalue weighted by atomic mass is 35.5. The number of nitrogens with two attached hydrogens (primary N) is 1. The Balaban J connectivity index is 2.10. The van der Waals surface area contributed by atoms with Gasteiger partial charge in [0.1, 0.15) is 12.1 Å². The third-order valence-electron chi connectivity index (χ3n) is 3.03. The van der Waals surface area contributed by atoms with Gasteiger partial charge in [-0.1, -0.05) is 17.7 Å². The molecule has 20 heavy (non-hydrogen) atoms. The second kappa shape index (κ2) is 4.98. The second-order valence-electron chi connectivity index (χ2n) is 4.61. The molecule has 0 unspecified atom stereocenters. The van der Waals surface area contributed by atoms with E-state index in [1.54, 1.807) is 0 Å². The topological polar surface area (TPSA) is 63.8 Å². The zero-order chi connectivity index (χ0) is 14.1. The molecule has 0 atom stereocenters. The standard InChI is InChI=1S/C15H13ClN4/c1-9-2-4-12(16)14(6-9)20-15-11-7-10(17)3-5-13(11)18-8-19-15/h2-8H,17H2,1H3,(H,18,19,20). The summed E-state index contributed by atoms with van der Waals surface area (Å²) in [6.45, 7) is 2.01. The largest absolute Gasteiger partial charge is 0.399 e. The van der Waals surface area contributed by atoms with Crippen LogP contribution in [0.4, 0.5) is 17.2 Å². The van der Waals surface area contributed by atoms with E-state index in [1.807, 2.05) is 43.3 Å². The summed E-state index contributed by atoms with van der Waals surface area (Å²) >= 11 is 6.20. The maximum absolute atomic E-state index is 6.20. The Morgan fingerprint density at radius 2 is 1.95 bits per heavy atom. The molecule has 2 aromatic carbocycles. The SMILES string of the molecule is Cc1ccc(Cl)c(Nc2ncnc3ccc(N)cc23)c1. The van der Waals surface area contributed by atoms with Crippen LogP contribution >= 0.6 is 11.6 Å². The van der Waals surface area contributed by atoms with Gasteiger partial charge >= 0.3 is 0 Å². The molecule has 4 nitrogen and oxygen atoms in total. The van der Waals surface area contributed by atoms with E-state index in [0.717, 1.165) is 22.2 Å². The molecule has 5 heteroatoms. The minimum Gasteiger partial charge on any atom is -0.399 e. The predicted octanol–water partition coefficient (Wildman–Crippen LogP) is 3.92. The molecule has 0 aliphatic rings. The van der Waals surface area contributed by atoms with E-state index >= 15 is 0 Å². The predicted molar refractivity (Wildman–Crippen MR) is 83.4 cm³/mol. The normalized spacial score (nSPS) is 10.7. The van der Waals surface area contributed by atoms with Crippen molar-refractivity contribution in [3.63, 3.8) is 0 Å². The highest BCUT2D eigenvalue weighted by molar-refractivity contribution is 6.33. The average molecular weight is 285 g/mol. The van der Waals surface area contributed by atoms with Gasteiger partial charge in [0.25, 0.3) is 0 Å². The molecular weight excluding hydrogens is 272 g/mol. The van der Waals surface area contributed by atoms with E-state index in [9.17, 15) is 0 Å². The summed E-state index contributed by atoms with van der Waals surface area (Å²) in [7, 11) is 0. The van der Waals surface area contributed by atoms with Gasteiger partial charge in [-0.3, -0.25) is 0 Å². The van der Waals surface area contributed by atoms with Gasteiger partial charge in [-0.15, -0.1) is 0 Å². The molecule has 0 saturated heterocycles. The van der Waals surface area contributed by atoms with Crippen LogP contribution in [0.3, 0.4) is 0 Å². The lowest BCUT2D eigenvalue weighted by atomic mass is 10.2. The molecule has 0 radical (unpaired) electrons. The van der Waals surface area contributed by atoms with E-state index in [4.69, 9.17) is 17.3 Å². The number of aromatic nitrogens is 2. The number of hydrogen-bond donors (Lipinski definition) is 2. The van der Waals surface area contributed by atoms with Crippen molar-refractivity contribution in [2.24, 2.45) is 0 Å². The van der Waals surface area contributed by atoms with E-state index in [-0.39, 0.29) is 0 Å². The van der Waals surface area contributed by atoms with Crippen LogP contribution in [0, 0.1) is 6.92 Å². The molecule has 0 aliphatic carbocycles. The average Bonchev–Trinajstić information content (AvgIpc) is 2.43. The van der Waals surface area contributed by atoms with Gasteiger partial charge < -0.3 is 11.1 Å². The highest BCUT2D eigenvalue weighted by Gasteiger charge is 2.07. The summed E-state index contributed by atoms with van der Waals surface area (Å²) in [4.78, 5) is 8.50. The minimum atomic E-state index is 0.645. The molecule has 1 aromatic heterocycles. The zero-order valence-corrected chi connectivity index (χ0v) is 11.6. The van der Waals surface area contributed by atoms with Crippen LogP contribution < -0.4 is 11.1 Å². The van der Waals surface area contributed by atoms with Gasteiger partial charge in [0.2, 0.25) is 0 Å². The lowest BCUT2D eigenvalue weighted by Gasteiger charge is -2.10. The zero-order valence-electron chi connectivity index (χ0n) is 10.9. The maximum Gasteiger partial charge on any atom is 0.141 e. The summed E-state index contributed by atoms with van der Waals surface area (Å²) in [6, 6.07) is 11.3. The van der Waals surface area contributed by atoms with E-state index in [1.165, 1.54) is 6.33 Å². The first-order valence-electron chi connectivity index (χ1n) is 6.17. The molecule has 3 aromatic rings. The second-order valence-corrected chi connectivity index (χ2v) is 5.01. The lowest BCUT2D eigenvalue weighted by molar-refractivity contribution is 1.22. The van der Waals surface area contributed by atoms with Gasteiger partial charge in [0, 0.05) is 11.1 Å². The van der Waals surface area contributed by atoms with Crippen molar-refractivity contribution in [2.75, 3.05) is 11.1 Å². The van der Waals surface area contributed by atoms with Crippen molar-refractivity contribution < 1.29 is 0 Å². The number of nitrogens with one attached hydrogen (secondary N) is 1. The van der Waals surface area contributed by atoms with Crippen molar-refractivity contribution in [3.8, 4) is 0 Å². The quantitative estimate of drug-likeness (QED) is 0.700. The number of halogens is 1. The molecule has 100 valence electrons. The summed E-state index contributed by atoms with van der Waals surface area (Å²) in [5.74, 6) is 0.690. The summed E-state index contributed by atoms with van der Waals surface area (Å²) in [5.41, 5.74) is 9.27. The number of aryl methyl sites for hydroxylation is 1. The molecular formula is C15H13ClN4. The number of nitrogens with zero attached hydrogens (tertiary/aromatic N) is 2. The first-order chi connectivity index (χ1) is 9.63. The van der Waals surface area contributed by atoms with Crippen LogP contribution in [0.2, 0.25) is 5.02 Å². The van der Waals surface area contributed by atoms with E-state index < -0.39 is 0 Å². The summed E-state index contributed by atoms with van der Waals surface area (Å²) in [6.07, 6.45) is 1.52. The van der Waals surface area contributed by atoms with Gasteiger partial charge in [-0.25, -0.2) is 9.97 Å². The monoisotopic (exact) mass is 284 g/mol. The molecule has 0 spiro atoms. The Morgan fingerprint density at radius 3 is 2.80 bits per heavy atom. The molecule has 0 fully saturated rings. The van der Waals surface area contributed by atoms with Crippen molar-refractivity contribution >= 4 is 39.7 Å². The number of benzene rings is 2. The Kier molecular flexibility index (Phi) is 3.16. The lowest BCUT2D eigenvalue weighted by Crippen LogP contribution is -1.97. The summed E-state index contributed by atoms with van der Waals surface area (Å²) < 4.78 is 0. The Hall–Kier alpha value is -2.33. The third-order valence-corrected chi connectivity index (χ3v) is 3.36. The molecule has 0 saturated carbocycles. The van der Waals surface area contributed by atoms with Crippen molar-refractivity contribution in [3.05, 3.63) is 53.3 Å². The van der Waals surface area contributed by atoms with Gasteiger partial charge in [-0.05, 0) is 42.8 Å². The Bertz CT molecular complexity index is 786. The molecule has 1 heterocycles. The highest BCUT2D eigenvalue weighted by Crippen LogP contribution is 2.29. The van der Waals surface area contributed by atoms with Crippen LogP contribution in [0.1, 0.15) is 5.56 Å². The van der Waals surface area contributed by atoms with Crippen molar-refractivity contribution in [1.82, 2.24) is 9.97 Å². The van der Waals surface area contributed by atoms with Gasteiger partial charge in [0.05, 0.1) is 16.2 Å². The molecule has 3 N–H and O–H groups in total. The summed E-state index contributed by atoms with van der Waals surface area (Å²) in [5, 5.41) is 4.76. The number of nitrogen functional groups attached to an aromatic ring is 1. The van der Waals surface area contributed by atoms with Crippen LogP contribution in [0.5, 0.6) is 0 Å². The first-order valence-corrected chi connectivity index (χ1v) is 6.55.